The van der Waals surface area contributed by atoms with Crippen LogP contribution in [-0.2, 0) is 7.05 Å². The molecule has 0 fully saturated rings. The molecule has 0 N–H and O–H groups in total. The van der Waals surface area contributed by atoms with E-state index in [2.05, 4.69) is 5.10 Å². The third-order valence-corrected chi connectivity index (χ3v) is 1.78. The van der Waals surface area contributed by atoms with Crippen molar-refractivity contribution in [3.8, 4) is 0 Å². The fraction of sp³-hybridized carbons (Fsp3) is 0.333. The van der Waals surface area contributed by atoms with E-state index in [-0.39, 0.29) is 5.56 Å². The third kappa shape index (κ3) is 1.39. The summed E-state index contributed by atoms with van der Waals surface area (Å²) in [4.78, 5) is 10.8. The molecular formula is C6H8N2OS. The summed E-state index contributed by atoms with van der Waals surface area (Å²) in [6, 6.07) is 3.23. The monoisotopic (exact) mass is 156 g/mol. The van der Waals surface area contributed by atoms with E-state index >= 15 is 0 Å². The summed E-state index contributed by atoms with van der Waals surface area (Å²) >= 11 is 1.52. The van der Waals surface area contributed by atoms with Crippen molar-refractivity contribution in [2.75, 3.05) is 6.26 Å². The van der Waals surface area contributed by atoms with Crippen LogP contribution in [0.5, 0.6) is 0 Å². The Hall–Kier alpha value is -0.770. The second kappa shape index (κ2) is 2.88. The van der Waals surface area contributed by atoms with Crippen molar-refractivity contribution >= 4 is 11.8 Å². The van der Waals surface area contributed by atoms with Gasteiger partial charge in [-0.3, -0.25) is 4.79 Å². The first-order valence-corrected chi connectivity index (χ1v) is 4.05. The SMILES string of the molecule is CSc1ccc(=O)n(C)n1. The summed E-state index contributed by atoms with van der Waals surface area (Å²) in [7, 11) is 1.64. The number of aryl methyl sites for hydroxylation is 1. The first-order chi connectivity index (χ1) is 4.74. The molecule has 3 nitrogen and oxygen atoms in total. The largest absolute Gasteiger partial charge is 0.268 e. The van der Waals surface area contributed by atoms with Crippen molar-refractivity contribution < 1.29 is 0 Å². The van der Waals surface area contributed by atoms with Crippen molar-refractivity contribution in [2.24, 2.45) is 7.05 Å². The number of thioether (sulfide) groups is 1. The molecule has 54 valence electrons. The van der Waals surface area contributed by atoms with Gasteiger partial charge in [0.15, 0.2) is 0 Å². The minimum absolute atomic E-state index is 0.0715. The Kier molecular flexibility index (Phi) is 2.11. The highest BCUT2D eigenvalue weighted by Crippen LogP contribution is 2.06. The normalized spacial score (nSPS) is 9.80. The predicted octanol–water partition coefficient (Wildman–Crippen LogP) is 0.502. The highest BCUT2D eigenvalue weighted by Gasteiger charge is 1.92. The molecule has 0 aromatic carbocycles. The first kappa shape index (κ1) is 7.34. The molecular weight excluding hydrogens is 148 g/mol. The topological polar surface area (TPSA) is 34.9 Å². The Bertz CT molecular complexity index is 281. The van der Waals surface area contributed by atoms with Gasteiger partial charge in [0.25, 0.3) is 5.56 Å². The first-order valence-electron chi connectivity index (χ1n) is 2.82. The van der Waals surface area contributed by atoms with Crippen LogP contribution in [0.3, 0.4) is 0 Å². The van der Waals surface area contributed by atoms with Gasteiger partial charge in [0.2, 0.25) is 0 Å². The van der Waals surface area contributed by atoms with Gasteiger partial charge in [-0.1, -0.05) is 0 Å². The molecule has 4 heteroatoms. The van der Waals surface area contributed by atoms with Gasteiger partial charge in [-0.2, -0.15) is 5.10 Å². The van der Waals surface area contributed by atoms with Crippen LogP contribution in [0.15, 0.2) is 22.0 Å². The molecule has 0 saturated heterocycles. The van der Waals surface area contributed by atoms with Gasteiger partial charge in [0, 0.05) is 13.1 Å². The number of rotatable bonds is 1. The molecule has 1 heterocycles. The Balaban J connectivity index is 3.17. The molecule has 0 aliphatic carbocycles. The van der Waals surface area contributed by atoms with Gasteiger partial charge in [0.05, 0.1) is 0 Å². The smallest absolute Gasteiger partial charge is 0.266 e. The fourth-order valence-electron chi connectivity index (χ4n) is 0.590. The summed E-state index contributed by atoms with van der Waals surface area (Å²) in [5.74, 6) is 0. The molecule has 1 aromatic heterocycles. The molecule has 0 unspecified atom stereocenters. The van der Waals surface area contributed by atoms with Gasteiger partial charge in [-0.15, -0.1) is 11.8 Å². The van der Waals surface area contributed by atoms with E-state index in [1.807, 2.05) is 6.26 Å². The molecule has 0 aliphatic heterocycles. The van der Waals surface area contributed by atoms with Crippen LogP contribution >= 0.6 is 11.8 Å². The van der Waals surface area contributed by atoms with Crippen LogP contribution in [0.2, 0.25) is 0 Å². The number of aromatic nitrogens is 2. The third-order valence-electron chi connectivity index (χ3n) is 1.15. The Morgan fingerprint density at radius 2 is 2.30 bits per heavy atom. The second-order valence-electron chi connectivity index (χ2n) is 1.84. The van der Waals surface area contributed by atoms with E-state index in [1.165, 1.54) is 22.5 Å². The quantitative estimate of drug-likeness (QED) is 0.555. The maximum Gasteiger partial charge on any atom is 0.266 e. The van der Waals surface area contributed by atoms with Crippen LogP contribution in [-0.4, -0.2) is 16.0 Å². The van der Waals surface area contributed by atoms with Crippen LogP contribution < -0.4 is 5.56 Å². The predicted molar refractivity (Wildman–Crippen MR) is 41.3 cm³/mol. The van der Waals surface area contributed by atoms with E-state index in [0.29, 0.717) is 0 Å². The summed E-state index contributed by atoms with van der Waals surface area (Å²) in [6.07, 6.45) is 1.92. The highest BCUT2D eigenvalue weighted by molar-refractivity contribution is 7.98. The van der Waals surface area contributed by atoms with Gasteiger partial charge in [0.1, 0.15) is 5.03 Å². The lowest BCUT2D eigenvalue weighted by Crippen LogP contribution is -2.17. The zero-order valence-electron chi connectivity index (χ0n) is 5.87. The average Bonchev–Trinajstić information content (AvgIpc) is 1.95. The van der Waals surface area contributed by atoms with Crippen LogP contribution in [0.25, 0.3) is 0 Å². The molecule has 0 radical (unpaired) electrons. The van der Waals surface area contributed by atoms with Crippen molar-refractivity contribution in [3.05, 3.63) is 22.5 Å². The van der Waals surface area contributed by atoms with E-state index in [1.54, 1.807) is 13.1 Å². The van der Waals surface area contributed by atoms with E-state index in [0.717, 1.165) is 5.03 Å². The number of hydrogen-bond donors (Lipinski definition) is 0. The lowest BCUT2D eigenvalue weighted by atomic mass is 10.6. The van der Waals surface area contributed by atoms with Gasteiger partial charge >= 0.3 is 0 Å². The van der Waals surface area contributed by atoms with Gasteiger partial charge in [-0.25, -0.2) is 4.68 Å². The van der Waals surface area contributed by atoms with Crippen LogP contribution in [0, 0.1) is 0 Å². The molecule has 10 heavy (non-hydrogen) atoms. The Morgan fingerprint density at radius 3 is 2.80 bits per heavy atom. The minimum Gasteiger partial charge on any atom is -0.268 e. The standard InChI is InChI=1S/C6H8N2OS/c1-8-6(9)4-3-5(7-8)10-2/h3-4H,1-2H3. The lowest BCUT2D eigenvalue weighted by molar-refractivity contribution is 0.668. The molecule has 0 amide bonds. The van der Waals surface area contributed by atoms with Crippen molar-refractivity contribution in [2.45, 2.75) is 5.03 Å². The zero-order valence-corrected chi connectivity index (χ0v) is 6.68. The maximum absolute atomic E-state index is 10.8. The minimum atomic E-state index is -0.0715. The molecule has 0 bridgehead atoms. The summed E-state index contributed by atoms with van der Waals surface area (Å²) in [5.41, 5.74) is -0.0715. The van der Waals surface area contributed by atoms with Gasteiger partial charge < -0.3 is 0 Å². The van der Waals surface area contributed by atoms with Gasteiger partial charge in [-0.05, 0) is 12.3 Å². The number of nitrogens with zero attached hydrogens (tertiary/aromatic N) is 2. The molecule has 0 saturated carbocycles. The van der Waals surface area contributed by atoms with Crippen molar-refractivity contribution in [1.82, 2.24) is 9.78 Å². The Morgan fingerprint density at radius 1 is 1.60 bits per heavy atom. The molecule has 1 rings (SSSR count). The molecule has 0 atom stereocenters. The zero-order chi connectivity index (χ0) is 7.56. The maximum atomic E-state index is 10.8. The lowest BCUT2D eigenvalue weighted by Gasteiger charge is -1.96. The van der Waals surface area contributed by atoms with E-state index in [9.17, 15) is 4.79 Å². The van der Waals surface area contributed by atoms with Crippen molar-refractivity contribution in [3.63, 3.8) is 0 Å². The molecule has 1 aromatic rings. The van der Waals surface area contributed by atoms with Crippen molar-refractivity contribution in [1.29, 1.82) is 0 Å². The summed E-state index contributed by atoms with van der Waals surface area (Å²) in [6.45, 7) is 0. The Labute approximate surface area is 63.1 Å². The number of hydrogen-bond acceptors (Lipinski definition) is 3. The second-order valence-corrected chi connectivity index (χ2v) is 2.66. The summed E-state index contributed by atoms with van der Waals surface area (Å²) < 4.78 is 1.33. The fourth-order valence-corrected chi connectivity index (χ4v) is 0.998. The van der Waals surface area contributed by atoms with Crippen LogP contribution in [0.4, 0.5) is 0 Å². The molecule has 0 aliphatic rings. The summed E-state index contributed by atoms with van der Waals surface area (Å²) in [5, 5.41) is 4.82. The van der Waals surface area contributed by atoms with E-state index < -0.39 is 0 Å². The molecule has 0 spiro atoms. The van der Waals surface area contributed by atoms with E-state index in [4.69, 9.17) is 0 Å². The van der Waals surface area contributed by atoms with Crippen LogP contribution in [0.1, 0.15) is 0 Å². The average molecular weight is 156 g/mol. The highest BCUT2D eigenvalue weighted by atomic mass is 32.2.